The highest BCUT2D eigenvalue weighted by Gasteiger charge is 2.17. The molecule has 128 valence electrons. The zero-order chi connectivity index (χ0) is 18.0. The molecule has 3 rings (SSSR count). The first-order valence-corrected chi connectivity index (χ1v) is 7.68. The van der Waals surface area contributed by atoms with Crippen molar-refractivity contribution in [2.24, 2.45) is 0 Å². The molecule has 2 aromatic heterocycles. The Morgan fingerprint density at radius 2 is 1.76 bits per heavy atom. The van der Waals surface area contributed by atoms with Crippen LogP contribution in [0.4, 0.5) is 0 Å². The van der Waals surface area contributed by atoms with E-state index >= 15 is 0 Å². The van der Waals surface area contributed by atoms with Gasteiger partial charge >= 0.3 is 5.91 Å². The highest BCUT2D eigenvalue weighted by molar-refractivity contribution is 6.05. The van der Waals surface area contributed by atoms with Gasteiger partial charge in [0.2, 0.25) is 0 Å². The maximum atomic E-state index is 12.4. The van der Waals surface area contributed by atoms with E-state index in [1.807, 2.05) is 0 Å². The molecule has 2 heterocycles. The Kier molecular flexibility index (Phi) is 4.34. The van der Waals surface area contributed by atoms with Crippen LogP contribution in [0.3, 0.4) is 0 Å². The fraction of sp³-hybridized carbons (Fsp3) is 0.176. The number of amides is 2. The second-order valence-corrected chi connectivity index (χ2v) is 5.33. The van der Waals surface area contributed by atoms with E-state index in [0.29, 0.717) is 23.1 Å². The maximum absolute atomic E-state index is 12.4. The summed E-state index contributed by atoms with van der Waals surface area (Å²) in [7, 11) is 0. The van der Waals surface area contributed by atoms with Crippen LogP contribution in [-0.4, -0.2) is 21.6 Å². The summed E-state index contributed by atoms with van der Waals surface area (Å²) in [5, 5.41) is 4.89. The monoisotopic (exact) mass is 340 g/mol. The summed E-state index contributed by atoms with van der Waals surface area (Å²) < 4.78 is 6.38. The zero-order valence-electron chi connectivity index (χ0n) is 13.7. The number of aryl methyl sites for hydroxylation is 2. The van der Waals surface area contributed by atoms with Crippen LogP contribution in [0.5, 0.6) is 0 Å². The summed E-state index contributed by atoms with van der Waals surface area (Å²) in [6, 6.07) is 9.83. The van der Waals surface area contributed by atoms with Crippen molar-refractivity contribution in [2.45, 2.75) is 20.4 Å². The molecular formula is C17H16N4O4. The van der Waals surface area contributed by atoms with Gasteiger partial charge in [0, 0.05) is 11.9 Å². The third-order valence-corrected chi connectivity index (χ3v) is 3.64. The Morgan fingerprint density at radius 1 is 1.08 bits per heavy atom. The summed E-state index contributed by atoms with van der Waals surface area (Å²) >= 11 is 0. The molecule has 0 aliphatic carbocycles. The number of furan rings is 1. The molecule has 0 fully saturated rings. The number of carbonyl (C=O) groups is 2. The van der Waals surface area contributed by atoms with E-state index in [1.165, 1.54) is 10.7 Å². The van der Waals surface area contributed by atoms with Crippen LogP contribution in [0.25, 0.3) is 10.8 Å². The number of hydrogen-bond acceptors (Lipinski definition) is 5. The lowest BCUT2D eigenvalue weighted by Crippen LogP contribution is -2.42. The fourth-order valence-electron chi connectivity index (χ4n) is 2.41. The molecule has 0 bridgehead atoms. The Balaban J connectivity index is 1.88. The van der Waals surface area contributed by atoms with Gasteiger partial charge in [0.25, 0.3) is 11.5 Å². The van der Waals surface area contributed by atoms with E-state index in [2.05, 4.69) is 16.0 Å². The third-order valence-electron chi connectivity index (χ3n) is 3.64. The average Bonchev–Trinajstić information content (AvgIpc) is 3.06. The standard InChI is InChI=1S/C17H16N4O4/c1-3-21-17(24)12-7-5-4-6-11(12)14(20-21)16(23)19-18-15(22)13-9-8-10(2)25-13/h4-9H,3H2,1-2H3,(H,18,22)(H,19,23). The molecule has 1 aromatic carbocycles. The van der Waals surface area contributed by atoms with Crippen molar-refractivity contribution in [3.8, 4) is 0 Å². The molecule has 0 atom stereocenters. The van der Waals surface area contributed by atoms with Gasteiger partial charge in [-0.25, -0.2) is 4.68 Å². The lowest BCUT2D eigenvalue weighted by Gasteiger charge is -2.10. The minimum Gasteiger partial charge on any atom is -0.456 e. The molecule has 2 N–H and O–H groups in total. The first kappa shape index (κ1) is 16.4. The molecule has 3 aromatic rings. The molecule has 0 aliphatic rings. The highest BCUT2D eigenvalue weighted by Crippen LogP contribution is 2.13. The average molecular weight is 340 g/mol. The number of fused-ring (bicyclic) bond motifs is 1. The van der Waals surface area contributed by atoms with Crippen LogP contribution < -0.4 is 16.4 Å². The normalized spacial score (nSPS) is 10.6. The van der Waals surface area contributed by atoms with E-state index in [0.717, 1.165) is 0 Å². The van der Waals surface area contributed by atoms with Crippen molar-refractivity contribution in [1.29, 1.82) is 0 Å². The van der Waals surface area contributed by atoms with Crippen LogP contribution >= 0.6 is 0 Å². The highest BCUT2D eigenvalue weighted by atomic mass is 16.3. The fourth-order valence-corrected chi connectivity index (χ4v) is 2.41. The Hall–Kier alpha value is -3.42. The molecule has 0 saturated heterocycles. The topological polar surface area (TPSA) is 106 Å². The van der Waals surface area contributed by atoms with Gasteiger partial charge in [-0.05, 0) is 32.0 Å². The largest absolute Gasteiger partial charge is 0.456 e. The van der Waals surface area contributed by atoms with Gasteiger partial charge in [-0.15, -0.1) is 0 Å². The third kappa shape index (κ3) is 3.14. The SMILES string of the molecule is CCn1nc(C(=O)NNC(=O)c2ccc(C)o2)c2ccccc2c1=O. The Bertz CT molecular complexity index is 1020. The zero-order valence-corrected chi connectivity index (χ0v) is 13.7. The molecule has 0 radical (unpaired) electrons. The lowest BCUT2D eigenvalue weighted by molar-refractivity contribution is 0.0827. The molecule has 8 heteroatoms. The number of hydrazine groups is 1. The van der Waals surface area contributed by atoms with E-state index in [9.17, 15) is 14.4 Å². The molecule has 0 aliphatic heterocycles. The number of hydrogen-bond donors (Lipinski definition) is 2. The van der Waals surface area contributed by atoms with Crippen LogP contribution in [0.1, 0.15) is 33.7 Å². The molecule has 0 spiro atoms. The number of nitrogens with zero attached hydrogens (tertiary/aromatic N) is 2. The summed E-state index contributed by atoms with van der Waals surface area (Å²) in [5.74, 6) is -0.557. The van der Waals surface area contributed by atoms with E-state index in [-0.39, 0.29) is 17.0 Å². The molecule has 0 unspecified atom stereocenters. The number of rotatable bonds is 3. The van der Waals surface area contributed by atoms with Crippen LogP contribution in [0, 0.1) is 6.92 Å². The van der Waals surface area contributed by atoms with Crippen LogP contribution in [0.2, 0.25) is 0 Å². The number of carbonyl (C=O) groups excluding carboxylic acids is 2. The van der Waals surface area contributed by atoms with Crippen molar-refractivity contribution in [3.05, 3.63) is 64.0 Å². The lowest BCUT2D eigenvalue weighted by atomic mass is 10.1. The van der Waals surface area contributed by atoms with Gasteiger partial charge in [-0.1, -0.05) is 18.2 Å². The molecule has 0 saturated carbocycles. The predicted molar refractivity (Wildman–Crippen MR) is 90.1 cm³/mol. The summed E-state index contributed by atoms with van der Waals surface area (Å²) in [6.07, 6.45) is 0. The minimum atomic E-state index is -0.630. The van der Waals surface area contributed by atoms with E-state index < -0.39 is 11.8 Å². The predicted octanol–water partition coefficient (Wildman–Crippen LogP) is 1.39. The molecular weight excluding hydrogens is 324 g/mol. The van der Waals surface area contributed by atoms with Gasteiger partial charge in [0.1, 0.15) is 5.76 Å². The van der Waals surface area contributed by atoms with Gasteiger partial charge in [-0.3, -0.25) is 25.2 Å². The van der Waals surface area contributed by atoms with Crippen molar-refractivity contribution in [1.82, 2.24) is 20.6 Å². The number of nitrogens with one attached hydrogen (secondary N) is 2. The summed E-state index contributed by atoms with van der Waals surface area (Å²) in [4.78, 5) is 36.7. The number of benzene rings is 1. The maximum Gasteiger partial charge on any atom is 0.305 e. The van der Waals surface area contributed by atoms with Crippen molar-refractivity contribution >= 4 is 22.6 Å². The van der Waals surface area contributed by atoms with Crippen LogP contribution in [-0.2, 0) is 6.54 Å². The Morgan fingerprint density at radius 3 is 2.40 bits per heavy atom. The van der Waals surface area contributed by atoms with Crippen molar-refractivity contribution in [3.63, 3.8) is 0 Å². The molecule has 8 nitrogen and oxygen atoms in total. The summed E-state index contributed by atoms with van der Waals surface area (Å²) in [5.41, 5.74) is 4.34. The van der Waals surface area contributed by atoms with E-state index in [1.54, 1.807) is 44.2 Å². The van der Waals surface area contributed by atoms with Crippen molar-refractivity contribution in [2.75, 3.05) is 0 Å². The minimum absolute atomic E-state index is 0.0491. The van der Waals surface area contributed by atoms with Crippen LogP contribution in [0.15, 0.2) is 45.6 Å². The summed E-state index contributed by atoms with van der Waals surface area (Å²) in [6.45, 7) is 3.78. The van der Waals surface area contributed by atoms with Crippen molar-refractivity contribution < 1.29 is 14.0 Å². The Labute approximate surface area is 142 Å². The van der Waals surface area contributed by atoms with E-state index in [4.69, 9.17) is 4.42 Å². The number of aromatic nitrogens is 2. The van der Waals surface area contributed by atoms with Gasteiger partial charge in [0.05, 0.1) is 5.39 Å². The molecule has 2 amide bonds. The van der Waals surface area contributed by atoms with Gasteiger partial charge < -0.3 is 4.42 Å². The van der Waals surface area contributed by atoms with Gasteiger partial charge in [-0.2, -0.15) is 5.10 Å². The first-order valence-electron chi connectivity index (χ1n) is 7.68. The second-order valence-electron chi connectivity index (χ2n) is 5.33. The quantitative estimate of drug-likeness (QED) is 0.701. The first-order chi connectivity index (χ1) is 12.0. The molecule has 25 heavy (non-hydrogen) atoms. The smallest absolute Gasteiger partial charge is 0.305 e. The second kappa shape index (κ2) is 6.60. The van der Waals surface area contributed by atoms with Gasteiger partial charge in [0.15, 0.2) is 11.5 Å².